The number of carbonyl (C=O) groups is 2. The number of amides is 1. The molecule has 3 N–H and O–H groups in total. The Labute approximate surface area is 440 Å². The van der Waals surface area contributed by atoms with Gasteiger partial charge in [-0.25, -0.2) is 19.7 Å². The Hall–Kier alpha value is -8.01. The van der Waals surface area contributed by atoms with Crippen molar-refractivity contribution in [2.45, 2.75) is 25.9 Å². The molecule has 8 heterocycles. The maximum atomic E-state index is 12.7. The maximum absolute atomic E-state index is 12.7. The van der Waals surface area contributed by atoms with Gasteiger partial charge in [0, 0.05) is 137 Å². The average molecular weight is 1030 g/mol. The first-order chi connectivity index (χ1) is 36.3. The normalized spacial score (nSPS) is 16.0. The van der Waals surface area contributed by atoms with Gasteiger partial charge >= 0.3 is 0 Å². The monoisotopic (exact) mass is 1030 g/mol. The number of fused-ring (bicyclic) bond motifs is 2. The zero-order chi connectivity index (χ0) is 53.0. The molecule has 0 atom stereocenters. The van der Waals surface area contributed by atoms with Crippen LogP contribution in [0, 0.1) is 25.0 Å². The van der Waals surface area contributed by atoms with Crippen molar-refractivity contribution in [2.24, 2.45) is 11.8 Å². The lowest BCUT2D eigenvalue weighted by molar-refractivity contribution is -0.132. The number of aryl methyl sites for hydroxylation is 2. The molecule has 0 unspecified atom stereocenters. The van der Waals surface area contributed by atoms with E-state index in [1.807, 2.05) is 36.4 Å². The van der Waals surface area contributed by atoms with Gasteiger partial charge in [-0.2, -0.15) is 9.97 Å². The van der Waals surface area contributed by atoms with Crippen LogP contribution < -0.4 is 36.9 Å². The number of piperazine rings is 2. The smallest absolute Gasteiger partial charge is 0.252 e. The second-order valence-corrected chi connectivity index (χ2v) is 19.3. The summed E-state index contributed by atoms with van der Waals surface area (Å²) in [5, 5.41) is 10.8. The van der Waals surface area contributed by atoms with Crippen molar-refractivity contribution in [1.82, 2.24) is 49.1 Å². The van der Waals surface area contributed by atoms with Crippen LogP contribution in [0.5, 0.6) is 0 Å². The van der Waals surface area contributed by atoms with Crippen LogP contribution in [0.1, 0.15) is 12.8 Å². The summed E-state index contributed by atoms with van der Waals surface area (Å²) in [7, 11) is 4.23. The summed E-state index contributed by atoms with van der Waals surface area (Å²) < 4.78 is 3.41. The van der Waals surface area contributed by atoms with Crippen molar-refractivity contribution >= 4 is 90.8 Å². The number of hydrogen-bond acceptors (Lipinski definition) is 15. The van der Waals surface area contributed by atoms with E-state index in [1.165, 1.54) is 12.1 Å². The fraction of sp³-hybridized carbons (Fsp3) is 0.370. The van der Waals surface area contributed by atoms with Crippen LogP contribution in [0.3, 0.4) is 0 Å². The van der Waals surface area contributed by atoms with Gasteiger partial charge in [0.1, 0.15) is 11.3 Å². The predicted octanol–water partition coefficient (Wildman–Crippen LogP) is 6.26. The summed E-state index contributed by atoms with van der Waals surface area (Å²) in [5.74, 6) is 1.67. The summed E-state index contributed by atoms with van der Waals surface area (Å²) >= 11 is 4.71. The highest BCUT2D eigenvalue weighted by Gasteiger charge is 2.29. The van der Waals surface area contributed by atoms with E-state index in [1.54, 1.807) is 44.6 Å². The molecule has 4 fully saturated rings. The Bertz CT molecular complexity index is 3270. The van der Waals surface area contributed by atoms with Crippen LogP contribution in [0.2, 0.25) is 0 Å². The molecule has 4 aromatic heterocycles. The van der Waals surface area contributed by atoms with Gasteiger partial charge in [0.15, 0.2) is 0 Å². The molecular weight excluding hydrogens is 972 g/mol. The summed E-state index contributed by atoms with van der Waals surface area (Å²) in [6.07, 6.45) is 7.53. The lowest BCUT2D eigenvalue weighted by atomic mass is 9.96. The maximum Gasteiger partial charge on any atom is 0.252 e. The Morgan fingerprint density at radius 1 is 0.680 bits per heavy atom. The number of nitrogens with one attached hydrogen (secondary N) is 3. The van der Waals surface area contributed by atoms with Gasteiger partial charge in [-0.3, -0.25) is 28.3 Å². The first-order valence-corrected chi connectivity index (χ1v) is 25.3. The van der Waals surface area contributed by atoms with Gasteiger partial charge in [-0.1, -0.05) is 13.2 Å². The van der Waals surface area contributed by atoms with E-state index in [9.17, 15) is 19.2 Å². The molecule has 388 valence electrons. The highest BCUT2D eigenvalue weighted by Crippen LogP contribution is 2.35. The molecule has 4 aliphatic heterocycles. The third-order valence-corrected chi connectivity index (χ3v) is 14.0. The molecule has 1 amide bonds. The van der Waals surface area contributed by atoms with E-state index in [-0.39, 0.29) is 17.0 Å². The Morgan fingerprint density at radius 3 is 1.51 bits per heavy atom. The van der Waals surface area contributed by atoms with Crippen molar-refractivity contribution < 1.29 is 9.59 Å². The molecule has 0 radical (unpaired) electrons. The van der Waals surface area contributed by atoms with E-state index in [4.69, 9.17) is 24.7 Å². The number of benzene rings is 2. The molecule has 4 aliphatic rings. The van der Waals surface area contributed by atoms with Crippen LogP contribution in [0.4, 0.5) is 46.0 Å². The van der Waals surface area contributed by atoms with E-state index in [2.05, 4.69) is 92.4 Å². The number of pyridine rings is 2. The summed E-state index contributed by atoms with van der Waals surface area (Å²) in [4.78, 5) is 82.9. The number of rotatable bonds is 14. The second-order valence-electron chi connectivity index (χ2n) is 19.0. The van der Waals surface area contributed by atoms with Crippen LogP contribution in [0.15, 0.2) is 108 Å². The van der Waals surface area contributed by atoms with Gasteiger partial charge in [0.25, 0.3) is 11.1 Å². The molecule has 0 aliphatic carbocycles. The largest absolute Gasteiger partial charge is 0.378 e. The molecule has 75 heavy (non-hydrogen) atoms. The SMILES string of the molecule is C=CC(=O)Cl.[C-]#[N+]c1cc(Nc2ncc3ccc(=O)n(CCC4CN(C(=O)C=C)C4)c3n2)ccc1N1CCN(C)CC1.[C-]#[N+]c1cc(Nc2ncc3ccc(=O)n(CCC4CNC4)c3n2)ccc1N1CCN(C)CC1. The Balaban J connectivity index is 0.000000184. The Morgan fingerprint density at radius 2 is 1.12 bits per heavy atom. The van der Waals surface area contributed by atoms with Crippen LogP contribution in [-0.2, 0) is 22.7 Å². The number of aromatic nitrogens is 6. The molecule has 4 saturated heterocycles. The fourth-order valence-electron chi connectivity index (χ4n) is 9.20. The summed E-state index contributed by atoms with van der Waals surface area (Å²) in [6.45, 7) is 34.0. The number of anilines is 6. The minimum Gasteiger partial charge on any atom is -0.378 e. The van der Waals surface area contributed by atoms with E-state index >= 15 is 0 Å². The standard InChI is InChI=1S/C27H30N8O2.C24H28N8O.C3H3ClO/c1-4-24(36)34-17-19(18-34)9-10-35-25(37)8-5-20-16-29-27(31-26(20)35)30-21-6-7-23(22(15-21)28-2)33-13-11-32(3)12-14-33;1-25-20-13-19(4-5-21(20)31-11-9-30(2)10-12-31)28-24-27-16-18-3-6-22(33)32(23(18)29-24)8-7-17-14-26-15-17;1-2-3(4)5/h4-8,15-16,19H,1,9-14,17-18H2,3H3,(H,29,30,31);3-6,13,16-17,26H,7-12,14-15H2,2H3,(H,27,28,29);2H,1H2. The number of likely N-dealkylation sites (tertiary alicyclic amines) is 1. The van der Waals surface area contributed by atoms with Gasteiger partial charge in [-0.05, 0) is 124 Å². The fourth-order valence-corrected chi connectivity index (χ4v) is 9.20. The average Bonchev–Trinajstić information content (AvgIpc) is 3.39. The number of halogens is 1. The van der Waals surface area contributed by atoms with Gasteiger partial charge in [0.2, 0.25) is 34.4 Å². The van der Waals surface area contributed by atoms with E-state index in [0.717, 1.165) is 118 Å². The number of likely N-dealkylation sites (N-methyl/N-ethyl adjacent to an activating group) is 2. The lowest BCUT2D eigenvalue weighted by Gasteiger charge is -2.38. The van der Waals surface area contributed by atoms with Crippen LogP contribution >= 0.6 is 11.6 Å². The first-order valence-electron chi connectivity index (χ1n) is 24.9. The molecule has 0 saturated carbocycles. The second kappa shape index (κ2) is 24.8. The van der Waals surface area contributed by atoms with Gasteiger partial charge in [-0.15, -0.1) is 0 Å². The number of carbonyl (C=O) groups excluding carboxylic acids is 2. The molecular formula is C54H61ClN16O4. The van der Waals surface area contributed by atoms with Crippen molar-refractivity contribution in [3.05, 3.63) is 142 Å². The van der Waals surface area contributed by atoms with E-state index < -0.39 is 5.24 Å². The zero-order valence-corrected chi connectivity index (χ0v) is 43.0. The van der Waals surface area contributed by atoms with Gasteiger partial charge < -0.3 is 40.4 Å². The third kappa shape index (κ3) is 13.4. The third-order valence-electron chi connectivity index (χ3n) is 13.8. The van der Waals surface area contributed by atoms with Crippen molar-refractivity contribution in [1.29, 1.82) is 0 Å². The zero-order valence-electron chi connectivity index (χ0n) is 42.3. The number of allylic oxidation sites excluding steroid dienone is 1. The highest BCUT2D eigenvalue weighted by molar-refractivity contribution is 6.66. The van der Waals surface area contributed by atoms with Gasteiger partial charge in [0.05, 0.1) is 13.1 Å². The lowest BCUT2D eigenvalue weighted by Crippen LogP contribution is -2.49. The molecule has 6 aromatic rings. The quantitative estimate of drug-likeness (QED) is 0.0630. The number of nitrogens with zero attached hydrogens (tertiary/aromatic N) is 13. The molecule has 10 rings (SSSR count). The molecule has 21 heteroatoms. The predicted molar refractivity (Wildman–Crippen MR) is 296 cm³/mol. The molecule has 0 spiro atoms. The van der Waals surface area contributed by atoms with Crippen LogP contribution in [0.25, 0.3) is 31.8 Å². The van der Waals surface area contributed by atoms with E-state index in [0.29, 0.717) is 72.6 Å². The van der Waals surface area contributed by atoms with Crippen molar-refractivity contribution in [3.8, 4) is 0 Å². The minimum atomic E-state index is -0.509. The minimum absolute atomic E-state index is 0.0498. The van der Waals surface area contributed by atoms with Crippen molar-refractivity contribution in [3.63, 3.8) is 0 Å². The molecule has 0 bridgehead atoms. The topological polar surface area (TPSA) is 191 Å². The number of hydrogen-bond donors (Lipinski definition) is 3. The highest BCUT2D eigenvalue weighted by atomic mass is 35.5. The summed E-state index contributed by atoms with van der Waals surface area (Å²) in [5.41, 5.74) is 5.57. The molecule has 2 aromatic carbocycles. The Kier molecular flexibility index (Phi) is 17.6. The first kappa shape index (κ1) is 53.3. The van der Waals surface area contributed by atoms with Crippen molar-refractivity contribution in [2.75, 3.05) is 113 Å². The summed E-state index contributed by atoms with van der Waals surface area (Å²) in [6, 6.07) is 18.1. The molecule has 20 nitrogen and oxygen atoms in total. The van der Waals surface area contributed by atoms with Crippen LogP contribution in [-0.4, -0.2) is 148 Å².